The van der Waals surface area contributed by atoms with Gasteiger partial charge in [0.2, 0.25) is 0 Å². The molecule has 2 aliphatic heterocycles. The van der Waals surface area contributed by atoms with E-state index in [0.717, 1.165) is 60.2 Å². The number of amides is 1. The van der Waals surface area contributed by atoms with Crippen molar-refractivity contribution in [1.29, 1.82) is 0 Å². The number of methoxy groups -OCH3 is 1. The van der Waals surface area contributed by atoms with Crippen molar-refractivity contribution in [2.45, 2.75) is 63.1 Å². The van der Waals surface area contributed by atoms with Crippen molar-refractivity contribution in [2.24, 2.45) is 5.92 Å². The lowest BCUT2D eigenvalue weighted by atomic mass is 9.51. The normalized spacial score (nSPS) is 28.3. The molecule has 0 unspecified atom stereocenters. The number of piperidine rings is 1. The highest BCUT2D eigenvalue weighted by atomic mass is 16.5. The lowest BCUT2D eigenvalue weighted by Gasteiger charge is -2.59. The lowest BCUT2D eigenvalue weighted by Crippen LogP contribution is -2.68. The van der Waals surface area contributed by atoms with E-state index < -0.39 is 0 Å². The second-order valence-electron chi connectivity index (χ2n) is 11.2. The molecule has 4 aliphatic rings. The molecule has 6 rings (SSSR count). The molecule has 1 spiro atoms. The third kappa shape index (κ3) is 3.61. The molecular formula is C31H34N2O5. The zero-order valence-corrected chi connectivity index (χ0v) is 22.7. The van der Waals surface area contributed by atoms with Crippen LogP contribution in [0.15, 0.2) is 30.3 Å². The molecule has 5 atom stereocenters. The van der Waals surface area contributed by atoms with Crippen LogP contribution in [0.5, 0.6) is 17.2 Å². The van der Waals surface area contributed by atoms with Crippen molar-refractivity contribution in [3.63, 3.8) is 0 Å². The molecule has 198 valence electrons. The predicted octanol–water partition coefficient (Wildman–Crippen LogP) is 3.48. The minimum Gasteiger partial charge on any atom is -0.493 e. The second kappa shape index (κ2) is 9.06. The fourth-order valence-electron chi connectivity index (χ4n) is 7.63. The number of hydrogen-bond donors (Lipinski definition) is 0. The van der Waals surface area contributed by atoms with E-state index in [1.807, 2.05) is 38.2 Å². The molecular weight excluding hydrogens is 480 g/mol. The highest BCUT2D eigenvalue weighted by Crippen LogP contribution is 2.65. The Kier molecular flexibility index (Phi) is 5.92. The largest absolute Gasteiger partial charge is 0.493 e. The maximum Gasteiger partial charge on any atom is 0.308 e. The van der Waals surface area contributed by atoms with Crippen molar-refractivity contribution in [1.82, 2.24) is 9.80 Å². The highest BCUT2D eigenvalue weighted by Gasteiger charge is 2.66. The number of likely N-dealkylation sites (N-methyl/N-ethyl adjacent to an activating group) is 2. The van der Waals surface area contributed by atoms with Crippen LogP contribution < -0.4 is 14.2 Å². The van der Waals surface area contributed by atoms with Crippen molar-refractivity contribution in [2.75, 3.05) is 27.7 Å². The lowest BCUT2D eigenvalue weighted by molar-refractivity contribution is -0.134. The summed E-state index contributed by atoms with van der Waals surface area (Å²) in [6.07, 6.45) is 3.33. The third-order valence-electron chi connectivity index (χ3n) is 9.26. The Morgan fingerprint density at radius 2 is 2.03 bits per heavy atom. The molecule has 2 bridgehead atoms. The number of likely N-dealkylation sites (tertiary alicyclic amines) is 1. The van der Waals surface area contributed by atoms with E-state index in [2.05, 4.69) is 23.8 Å². The summed E-state index contributed by atoms with van der Waals surface area (Å²) in [7, 11) is 5.65. The maximum absolute atomic E-state index is 13.4. The average Bonchev–Trinajstić information content (AvgIpc) is 3.24. The molecule has 7 nitrogen and oxygen atoms in total. The quantitative estimate of drug-likeness (QED) is 0.355. The summed E-state index contributed by atoms with van der Waals surface area (Å²) in [5.41, 5.74) is 3.84. The van der Waals surface area contributed by atoms with Gasteiger partial charge in [0.25, 0.3) is 5.91 Å². The van der Waals surface area contributed by atoms with E-state index in [4.69, 9.17) is 14.2 Å². The van der Waals surface area contributed by atoms with Crippen LogP contribution in [0, 0.1) is 24.7 Å². The maximum atomic E-state index is 13.4. The number of aryl methyl sites for hydroxylation is 1. The van der Waals surface area contributed by atoms with Crippen LogP contribution in [0.4, 0.5) is 0 Å². The standard InChI is InChI=1S/C31H34N2O5/c1-18-7-6-8-20(15-18)9-12-27(35)33(4)23-11-10-22-24-16-21-25(37-19(2)34)17-26(36-5)29-28(21)31(22,30(23)38-29)13-14-32(24)3/h6-8,15,17,22-24,30H,10-11,13-14,16H2,1-5H3/t22-,23+,24+,30-,31-/m0/s1. The number of nitrogens with zero attached hydrogens (tertiary/aromatic N) is 2. The van der Waals surface area contributed by atoms with Crippen LogP contribution in [0.2, 0.25) is 0 Å². The summed E-state index contributed by atoms with van der Waals surface area (Å²) >= 11 is 0. The fourth-order valence-corrected chi connectivity index (χ4v) is 7.63. The molecule has 1 amide bonds. The first-order valence-corrected chi connectivity index (χ1v) is 13.4. The van der Waals surface area contributed by atoms with E-state index in [1.54, 1.807) is 18.1 Å². The zero-order valence-electron chi connectivity index (χ0n) is 22.7. The fraction of sp³-hybridized carbons (Fsp3) is 0.484. The van der Waals surface area contributed by atoms with Crippen molar-refractivity contribution >= 4 is 11.9 Å². The first-order chi connectivity index (χ1) is 18.2. The number of ether oxygens (including phenoxy) is 3. The Labute approximate surface area is 224 Å². The Morgan fingerprint density at radius 1 is 1.21 bits per heavy atom. The zero-order chi connectivity index (χ0) is 26.8. The van der Waals surface area contributed by atoms with Gasteiger partial charge in [-0.1, -0.05) is 18.1 Å². The summed E-state index contributed by atoms with van der Waals surface area (Å²) in [4.78, 5) is 29.6. The summed E-state index contributed by atoms with van der Waals surface area (Å²) < 4.78 is 18.3. The van der Waals surface area contributed by atoms with Crippen LogP contribution in [0.25, 0.3) is 0 Å². The molecule has 1 saturated carbocycles. The highest BCUT2D eigenvalue weighted by molar-refractivity contribution is 5.94. The SMILES string of the molecule is COc1cc(OC(C)=O)c2c3c1O[C@H]1[C@H](N(C)C(=O)C#Cc4cccc(C)c4)CC[C@H]4[C@@H](C2)N(C)CC[C@@]341. The molecule has 2 aromatic rings. The van der Waals surface area contributed by atoms with Gasteiger partial charge in [-0.25, -0.2) is 0 Å². The summed E-state index contributed by atoms with van der Waals surface area (Å²) in [5, 5.41) is 0. The first kappa shape index (κ1) is 24.8. The first-order valence-electron chi connectivity index (χ1n) is 13.4. The van der Waals surface area contributed by atoms with E-state index in [1.165, 1.54) is 6.92 Å². The molecule has 0 aromatic heterocycles. The molecule has 2 heterocycles. The monoisotopic (exact) mass is 514 g/mol. The van der Waals surface area contributed by atoms with Gasteiger partial charge in [-0.15, -0.1) is 0 Å². The van der Waals surface area contributed by atoms with Crippen LogP contribution in [0.1, 0.15) is 48.4 Å². The summed E-state index contributed by atoms with van der Waals surface area (Å²) in [6, 6.07) is 9.84. The van der Waals surface area contributed by atoms with E-state index in [0.29, 0.717) is 23.5 Å². The van der Waals surface area contributed by atoms with Crippen LogP contribution in [-0.2, 0) is 21.4 Å². The molecule has 0 N–H and O–H groups in total. The number of benzene rings is 2. The number of carbonyl (C=O) groups is 2. The van der Waals surface area contributed by atoms with Crippen LogP contribution >= 0.6 is 0 Å². The Bertz CT molecular complexity index is 1390. The number of esters is 1. The number of hydrogen-bond acceptors (Lipinski definition) is 6. The summed E-state index contributed by atoms with van der Waals surface area (Å²) in [6.45, 7) is 4.38. The minimum atomic E-state index is -0.351. The summed E-state index contributed by atoms with van der Waals surface area (Å²) in [5.74, 6) is 7.62. The number of rotatable bonds is 3. The Morgan fingerprint density at radius 3 is 2.76 bits per heavy atom. The van der Waals surface area contributed by atoms with Crippen molar-refractivity contribution in [3.8, 4) is 29.1 Å². The Balaban J connectivity index is 1.42. The number of carbonyl (C=O) groups excluding carboxylic acids is 2. The molecule has 2 fully saturated rings. The van der Waals surface area contributed by atoms with Gasteiger partial charge >= 0.3 is 5.97 Å². The van der Waals surface area contributed by atoms with Gasteiger partial charge in [-0.05, 0) is 69.8 Å². The van der Waals surface area contributed by atoms with E-state index in [9.17, 15) is 9.59 Å². The molecule has 0 radical (unpaired) electrons. The molecule has 1 saturated heterocycles. The van der Waals surface area contributed by atoms with E-state index in [-0.39, 0.29) is 29.4 Å². The molecule has 2 aromatic carbocycles. The van der Waals surface area contributed by atoms with Gasteiger partial charge in [0, 0.05) is 54.1 Å². The molecule has 38 heavy (non-hydrogen) atoms. The van der Waals surface area contributed by atoms with Gasteiger partial charge in [0.1, 0.15) is 11.9 Å². The van der Waals surface area contributed by atoms with Gasteiger partial charge in [-0.3, -0.25) is 9.59 Å². The van der Waals surface area contributed by atoms with Gasteiger partial charge < -0.3 is 24.0 Å². The topological polar surface area (TPSA) is 68.3 Å². The van der Waals surface area contributed by atoms with Gasteiger partial charge in [0.15, 0.2) is 11.5 Å². The third-order valence-corrected chi connectivity index (χ3v) is 9.26. The predicted molar refractivity (Wildman–Crippen MR) is 142 cm³/mol. The smallest absolute Gasteiger partial charge is 0.308 e. The van der Waals surface area contributed by atoms with Crippen molar-refractivity contribution in [3.05, 3.63) is 52.6 Å². The Hall–Kier alpha value is -3.50. The van der Waals surface area contributed by atoms with E-state index >= 15 is 0 Å². The molecule has 2 aliphatic carbocycles. The second-order valence-corrected chi connectivity index (χ2v) is 11.2. The average molecular weight is 515 g/mol. The van der Waals surface area contributed by atoms with Crippen molar-refractivity contribution < 1.29 is 23.8 Å². The van der Waals surface area contributed by atoms with Crippen LogP contribution in [-0.4, -0.2) is 67.6 Å². The van der Waals surface area contributed by atoms with Gasteiger partial charge in [-0.2, -0.15) is 0 Å². The van der Waals surface area contributed by atoms with Crippen LogP contribution in [0.3, 0.4) is 0 Å². The minimum absolute atomic E-state index is 0.130. The van der Waals surface area contributed by atoms with Gasteiger partial charge in [0.05, 0.1) is 13.2 Å². The molecule has 7 heteroatoms.